The molecule has 0 aromatic heterocycles. The molecule has 3 amide bonds. The first-order valence-electron chi connectivity index (χ1n) is 10.9. The zero-order chi connectivity index (χ0) is 21.5. The maximum Gasteiger partial charge on any atom is 0.225 e. The SMILES string of the molecule is COCCN1C(=O)CC[C@@H](C(=O)NCCCN2CCCC2=O)[C@H]1c1ccc(C)cc1. The maximum atomic E-state index is 13.1. The maximum absolute atomic E-state index is 13.1. The highest BCUT2D eigenvalue weighted by Gasteiger charge is 2.40. The summed E-state index contributed by atoms with van der Waals surface area (Å²) < 4.78 is 5.20. The molecule has 0 bridgehead atoms. The topological polar surface area (TPSA) is 79.0 Å². The summed E-state index contributed by atoms with van der Waals surface area (Å²) in [5.74, 6) is -0.0477. The third kappa shape index (κ3) is 5.39. The Morgan fingerprint density at radius 1 is 1.13 bits per heavy atom. The summed E-state index contributed by atoms with van der Waals surface area (Å²) in [6.07, 6.45) is 3.21. The summed E-state index contributed by atoms with van der Waals surface area (Å²) in [5, 5.41) is 3.05. The number of aryl methyl sites for hydroxylation is 1. The van der Waals surface area contributed by atoms with Gasteiger partial charge in [-0.1, -0.05) is 29.8 Å². The number of nitrogens with one attached hydrogen (secondary N) is 1. The van der Waals surface area contributed by atoms with Gasteiger partial charge in [0.1, 0.15) is 0 Å². The van der Waals surface area contributed by atoms with Crippen molar-refractivity contribution in [2.24, 2.45) is 5.92 Å². The van der Waals surface area contributed by atoms with Gasteiger partial charge in [0.15, 0.2) is 0 Å². The van der Waals surface area contributed by atoms with E-state index >= 15 is 0 Å². The minimum Gasteiger partial charge on any atom is -0.383 e. The summed E-state index contributed by atoms with van der Waals surface area (Å²) in [4.78, 5) is 41.1. The van der Waals surface area contributed by atoms with E-state index in [0.717, 1.165) is 30.5 Å². The van der Waals surface area contributed by atoms with Crippen LogP contribution in [0.25, 0.3) is 0 Å². The fourth-order valence-electron chi connectivity index (χ4n) is 4.41. The van der Waals surface area contributed by atoms with Gasteiger partial charge in [-0.05, 0) is 31.7 Å². The van der Waals surface area contributed by atoms with Gasteiger partial charge in [0.2, 0.25) is 17.7 Å². The van der Waals surface area contributed by atoms with Crippen LogP contribution in [0.1, 0.15) is 49.3 Å². The van der Waals surface area contributed by atoms with E-state index in [1.807, 2.05) is 36.1 Å². The normalized spacial score (nSPS) is 21.9. The second-order valence-electron chi connectivity index (χ2n) is 8.21. The molecule has 0 unspecified atom stereocenters. The lowest BCUT2D eigenvalue weighted by molar-refractivity contribution is -0.144. The Morgan fingerprint density at radius 3 is 2.57 bits per heavy atom. The number of piperidine rings is 1. The van der Waals surface area contributed by atoms with E-state index < -0.39 is 0 Å². The highest BCUT2D eigenvalue weighted by Crippen LogP contribution is 2.37. The molecular formula is C23H33N3O4. The standard InChI is InChI=1S/C23H33N3O4/c1-17-6-8-18(9-7-17)22-19(10-11-21(28)26(22)15-16-30-2)23(29)24-12-4-14-25-13-3-5-20(25)27/h6-9,19,22H,3-5,10-16H2,1-2H3,(H,24,29)/t19-,22-/m1/s1. The molecule has 2 aliphatic rings. The highest BCUT2D eigenvalue weighted by molar-refractivity contribution is 5.85. The van der Waals surface area contributed by atoms with Crippen molar-refractivity contribution in [3.05, 3.63) is 35.4 Å². The van der Waals surface area contributed by atoms with E-state index in [4.69, 9.17) is 4.74 Å². The first-order valence-corrected chi connectivity index (χ1v) is 10.9. The number of rotatable bonds is 9. The molecule has 7 nitrogen and oxygen atoms in total. The number of amides is 3. The highest BCUT2D eigenvalue weighted by atomic mass is 16.5. The molecule has 1 N–H and O–H groups in total. The molecule has 2 fully saturated rings. The average molecular weight is 416 g/mol. The molecule has 2 heterocycles. The number of benzene rings is 1. The largest absolute Gasteiger partial charge is 0.383 e. The van der Waals surface area contributed by atoms with Gasteiger partial charge in [-0.2, -0.15) is 0 Å². The van der Waals surface area contributed by atoms with Crippen molar-refractivity contribution in [2.75, 3.05) is 39.9 Å². The molecule has 3 rings (SSSR count). The van der Waals surface area contributed by atoms with Crippen molar-refractivity contribution in [3.63, 3.8) is 0 Å². The summed E-state index contributed by atoms with van der Waals surface area (Å²) in [7, 11) is 1.62. The van der Waals surface area contributed by atoms with Crippen LogP contribution in [-0.2, 0) is 19.1 Å². The van der Waals surface area contributed by atoms with Crippen LogP contribution >= 0.6 is 0 Å². The van der Waals surface area contributed by atoms with Crippen LogP contribution in [0.5, 0.6) is 0 Å². The Balaban J connectivity index is 1.66. The lowest BCUT2D eigenvalue weighted by Gasteiger charge is -2.41. The third-order valence-electron chi connectivity index (χ3n) is 6.07. The molecule has 30 heavy (non-hydrogen) atoms. The predicted molar refractivity (Wildman–Crippen MR) is 114 cm³/mol. The average Bonchev–Trinajstić information content (AvgIpc) is 3.15. The van der Waals surface area contributed by atoms with E-state index in [1.165, 1.54) is 0 Å². The fraction of sp³-hybridized carbons (Fsp3) is 0.609. The Bertz CT molecular complexity index is 749. The second kappa shape index (κ2) is 10.6. The van der Waals surface area contributed by atoms with Crippen LogP contribution in [0.4, 0.5) is 0 Å². The van der Waals surface area contributed by atoms with Crippen LogP contribution in [-0.4, -0.2) is 67.4 Å². The van der Waals surface area contributed by atoms with Crippen LogP contribution in [0.2, 0.25) is 0 Å². The van der Waals surface area contributed by atoms with Crippen molar-refractivity contribution in [2.45, 2.75) is 45.1 Å². The van der Waals surface area contributed by atoms with E-state index in [9.17, 15) is 14.4 Å². The van der Waals surface area contributed by atoms with E-state index in [2.05, 4.69) is 5.32 Å². The zero-order valence-corrected chi connectivity index (χ0v) is 18.1. The van der Waals surface area contributed by atoms with Gasteiger partial charge in [0, 0.05) is 46.1 Å². The molecule has 0 aliphatic carbocycles. The number of methoxy groups -OCH3 is 1. The van der Waals surface area contributed by atoms with Crippen molar-refractivity contribution in [1.29, 1.82) is 0 Å². The van der Waals surface area contributed by atoms with Crippen LogP contribution in [0.3, 0.4) is 0 Å². The molecule has 7 heteroatoms. The summed E-state index contributed by atoms with van der Waals surface area (Å²) >= 11 is 0. The van der Waals surface area contributed by atoms with E-state index in [-0.39, 0.29) is 29.7 Å². The molecule has 164 valence electrons. The molecule has 1 aromatic rings. The lowest BCUT2D eigenvalue weighted by Crippen LogP contribution is -2.49. The number of ether oxygens (including phenoxy) is 1. The predicted octanol–water partition coefficient (Wildman–Crippen LogP) is 2.05. The minimum absolute atomic E-state index is 0.0248. The van der Waals surface area contributed by atoms with Gasteiger partial charge in [-0.15, -0.1) is 0 Å². The number of likely N-dealkylation sites (tertiary alicyclic amines) is 2. The lowest BCUT2D eigenvalue weighted by atomic mass is 9.83. The van der Waals surface area contributed by atoms with Crippen LogP contribution < -0.4 is 5.32 Å². The van der Waals surface area contributed by atoms with Crippen LogP contribution in [0.15, 0.2) is 24.3 Å². The summed E-state index contributed by atoms with van der Waals surface area (Å²) in [6, 6.07) is 7.77. The van der Waals surface area contributed by atoms with Crippen molar-refractivity contribution >= 4 is 17.7 Å². The monoisotopic (exact) mass is 415 g/mol. The smallest absolute Gasteiger partial charge is 0.225 e. The van der Waals surface area contributed by atoms with Gasteiger partial charge in [0.25, 0.3) is 0 Å². The zero-order valence-electron chi connectivity index (χ0n) is 18.1. The summed E-state index contributed by atoms with van der Waals surface area (Å²) in [6.45, 7) is 4.96. The van der Waals surface area contributed by atoms with Gasteiger partial charge >= 0.3 is 0 Å². The van der Waals surface area contributed by atoms with Gasteiger partial charge in [-0.3, -0.25) is 14.4 Å². The molecule has 0 spiro atoms. The minimum atomic E-state index is -0.296. The summed E-state index contributed by atoms with van der Waals surface area (Å²) in [5.41, 5.74) is 2.12. The van der Waals surface area contributed by atoms with Crippen molar-refractivity contribution in [1.82, 2.24) is 15.1 Å². The molecule has 0 saturated carbocycles. The van der Waals surface area contributed by atoms with Gasteiger partial charge < -0.3 is 19.9 Å². The Kier molecular flexibility index (Phi) is 7.85. The Hall–Kier alpha value is -2.41. The molecule has 2 saturated heterocycles. The van der Waals surface area contributed by atoms with Crippen molar-refractivity contribution in [3.8, 4) is 0 Å². The van der Waals surface area contributed by atoms with Crippen LogP contribution in [0, 0.1) is 12.8 Å². The first-order chi connectivity index (χ1) is 14.5. The quantitative estimate of drug-likeness (QED) is 0.626. The van der Waals surface area contributed by atoms with Gasteiger partial charge in [0.05, 0.1) is 18.6 Å². The molecule has 1 aromatic carbocycles. The Morgan fingerprint density at radius 2 is 1.90 bits per heavy atom. The fourth-order valence-corrected chi connectivity index (χ4v) is 4.41. The third-order valence-corrected chi connectivity index (χ3v) is 6.07. The number of carbonyl (C=O) groups excluding carboxylic acids is 3. The van der Waals surface area contributed by atoms with E-state index in [1.54, 1.807) is 12.0 Å². The number of hydrogen-bond donors (Lipinski definition) is 1. The Labute approximate surface area is 178 Å². The molecule has 0 radical (unpaired) electrons. The first kappa shape index (κ1) is 22.3. The van der Waals surface area contributed by atoms with Crippen molar-refractivity contribution < 1.29 is 19.1 Å². The number of carbonyl (C=O) groups is 3. The number of hydrogen-bond acceptors (Lipinski definition) is 4. The second-order valence-corrected chi connectivity index (χ2v) is 8.21. The van der Waals surface area contributed by atoms with Gasteiger partial charge in [-0.25, -0.2) is 0 Å². The molecular weight excluding hydrogens is 382 g/mol. The molecule has 2 aliphatic heterocycles. The molecule has 2 atom stereocenters. The number of nitrogens with zero attached hydrogens (tertiary/aromatic N) is 2. The van der Waals surface area contributed by atoms with E-state index in [0.29, 0.717) is 45.5 Å².